The summed E-state index contributed by atoms with van der Waals surface area (Å²) in [6.45, 7) is 9.50. The molecule has 0 atom stereocenters. The predicted molar refractivity (Wildman–Crippen MR) is 366 cm³/mol. The molecule has 86 heavy (non-hydrogen) atoms. The summed E-state index contributed by atoms with van der Waals surface area (Å²) in [5.41, 5.74) is 19.6. The number of rotatable bonds is 4. The standard InChI is InChI=1S/C80H52N2O2S2/c1-79(2)61-21-9-11-23-65(61)81(67-43-71-55(41-63(67)79)49-17-5-13-25-69(49)83-71)47-31-33-53-59(39-47)77(45-29-35-75-57(37-45)51-19-7-15-27-73(51)85-75)54-34-32-48(40-60(54)78(53)46-30-36-76-58(38-46)52-20-8-16-28-74(52)86-76)82-66-24-12-10-22-62(66)80(3,4)64-42-56-50-18-6-14-26-70(50)84-72(56)44-68(64)82/h5-44H,1-4H3. The summed E-state index contributed by atoms with van der Waals surface area (Å²) in [5, 5.41) is 14.4. The molecule has 4 nitrogen and oxygen atoms in total. The van der Waals surface area contributed by atoms with Crippen molar-refractivity contribution in [1.82, 2.24) is 0 Å². The number of thiophene rings is 2. The lowest BCUT2D eigenvalue weighted by Gasteiger charge is -2.42. The van der Waals surface area contributed by atoms with Gasteiger partial charge in [-0.05, 0) is 163 Å². The van der Waals surface area contributed by atoms with Gasteiger partial charge in [-0.25, -0.2) is 0 Å². The van der Waals surface area contributed by atoms with Gasteiger partial charge in [0, 0.05) is 96.2 Å². The summed E-state index contributed by atoms with van der Waals surface area (Å²) in [6.07, 6.45) is 0. The third-order valence-electron chi connectivity index (χ3n) is 19.4. The number of furan rings is 2. The van der Waals surface area contributed by atoms with E-state index in [1.807, 2.05) is 22.7 Å². The number of hydrogen-bond acceptors (Lipinski definition) is 6. The Bertz CT molecular complexity index is 5470. The minimum Gasteiger partial charge on any atom is -0.456 e. The van der Waals surface area contributed by atoms with Crippen molar-refractivity contribution in [2.75, 3.05) is 9.80 Å². The molecule has 0 spiro atoms. The molecule has 19 rings (SSSR count). The molecular weight excluding hydrogens is 1090 g/mol. The van der Waals surface area contributed by atoms with Crippen LogP contribution in [0.1, 0.15) is 49.9 Å². The van der Waals surface area contributed by atoms with E-state index in [0.29, 0.717) is 0 Å². The van der Waals surface area contributed by atoms with Crippen molar-refractivity contribution in [1.29, 1.82) is 0 Å². The highest BCUT2D eigenvalue weighted by Gasteiger charge is 2.40. The van der Waals surface area contributed by atoms with Crippen molar-refractivity contribution in [3.05, 3.63) is 265 Å². The van der Waals surface area contributed by atoms with Crippen molar-refractivity contribution < 1.29 is 8.83 Å². The highest BCUT2D eigenvalue weighted by Crippen LogP contribution is 2.58. The molecule has 17 aromatic rings. The fraction of sp³-hybridized carbons (Fsp3) is 0.0750. The average Bonchev–Trinajstić information content (AvgIpc) is 1.02. The third kappa shape index (κ3) is 6.63. The maximum Gasteiger partial charge on any atom is 0.137 e. The molecule has 6 heteroatoms. The van der Waals surface area contributed by atoms with Gasteiger partial charge >= 0.3 is 0 Å². The number of para-hydroxylation sites is 4. The second kappa shape index (κ2) is 17.3. The summed E-state index contributed by atoms with van der Waals surface area (Å²) in [6, 6.07) is 91.0. The number of nitrogens with zero attached hydrogens (tertiary/aromatic N) is 2. The molecule has 0 saturated carbocycles. The first-order valence-corrected chi connectivity index (χ1v) is 31.3. The van der Waals surface area contributed by atoms with Crippen LogP contribution in [0, 0.1) is 0 Å². The van der Waals surface area contributed by atoms with Crippen LogP contribution >= 0.6 is 22.7 Å². The molecule has 4 aromatic heterocycles. The molecule has 13 aromatic carbocycles. The Balaban J connectivity index is 0.933. The van der Waals surface area contributed by atoms with Gasteiger partial charge in [0.1, 0.15) is 22.3 Å². The Kier molecular flexibility index (Phi) is 9.75. The van der Waals surface area contributed by atoms with Gasteiger partial charge in [0.05, 0.1) is 22.7 Å². The molecule has 0 fully saturated rings. The van der Waals surface area contributed by atoms with E-state index in [2.05, 4.69) is 280 Å². The molecule has 2 aliphatic rings. The van der Waals surface area contributed by atoms with Gasteiger partial charge in [0.25, 0.3) is 0 Å². The quantitative estimate of drug-likeness (QED) is 0.164. The van der Waals surface area contributed by atoms with Crippen LogP contribution in [0.15, 0.2) is 251 Å². The van der Waals surface area contributed by atoms with Crippen LogP contribution in [0.3, 0.4) is 0 Å². The van der Waals surface area contributed by atoms with Crippen molar-refractivity contribution in [3.63, 3.8) is 0 Å². The van der Waals surface area contributed by atoms with Gasteiger partial charge < -0.3 is 18.6 Å². The van der Waals surface area contributed by atoms with Crippen LogP contribution in [0.4, 0.5) is 34.1 Å². The molecule has 0 N–H and O–H groups in total. The van der Waals surface area contributed by atoms with E-state index in [0.717, 1.165) is 78.0 Å². The first-order chi connectivity index (χ1) is 42.1. The number of benzene rings is 13. The van der Waals surface area contributed by atoms with Crippen molar-refractivity contribution in [3.8, 4) is 22.3 Å². The molecule has 0 amide bonds. The summed E-state index contributed by atoms with van der Waals surface area (Å²) in [7, 11) is 0. The lowest BCUT2D eigenvalue weighted by molar-refractivity contribution is 0.630. The van der Waals surface area contributed by atoms with Crippen molar-refractivity contribution in [2.24, 2.45) is 0 Å². The topological polar surface area (TPSA) is 32.8 Å². The largest absolute Gasteiger partial charge is 0.456 e. The number of hydrogen-bond donors (Lipinski definition) is 0. The first-order valence-electron chi connectivity index (χ1n) is 29.7. The van der Waals surface area contributed by atoms with Crippen LogP contribution in [0.25, 0.3) is 128 Å². The molecule has 0 saturated heterocycles. The molecule has 6 heterocycles. The summed E-state index contributed by atoms with van der Waals surface area (Å²) in [5.74, 6) is 0. The second-order valence-corrected chi connectivity index (χ2v) is 26.9. The average molecular weight is 1140 g/mol. The molecule has 0 aliphatic carbocycles. The predicted octanol–water partition coefficient (Wildman–Crippen LogP) is 24.1. The lowest BCUT2D eigenvalue weighted by atomic mass is 9.73. The van der Waals surface area contributed by atoms with Crippen LogP contribution < -0.4 is 9.80 Å². The zero-order valence-electron chi connectivity index (χ0n) is 47.6. The Hall–Kier alpha value is -9.98. The Morgan fingerprint density at radius 3 is 1.13 bits per heavy atom. The number of anilines is 6. The Labute approximate surface area is 503 Å². The first kappa shape index (κ1) is 48.4. The van der Waals surface area contributed by atoms with Gasteiger partial charge in [-0.3, -0.25) is 0 Å². The van der Waals surface area contributed by atoms with E-state index < -0.39 is 0 Å². The second-order valence-electron chi connectivity index (χ2n) is 24.7. The molecule has 0 bridgehead atoms. The normalized spacial score (nSPS) is 14.4. The maximum absolute atomic E-state index is 6.73. The van der Waals surface area contributed by atoms with Gasteiger partial charge in [-0.1, -0.05) is 161 Å². The fourth-order valence-electron chi connectivity index (χ4n) is 15.3. The fourth-order valence-corrected chi connectivity index (χ4v) is 17.4. The smallest absolute Gasteiger partial charge is 0.137 e. The van der Waals surface area contributed by atoms with E-state index in [1.165, 1.54) is 106 Å². The minimum atomic E-state index is -0.301. The van der Waals surface area contributed by atoms with Crippen LogP contribution in [0.2, 0.25) is 0 Å². The summed E-state index contributed by atoms with van der Waals surface area (Å²) >= 11 is 3.73. The molecule has 0 unspecified atom stereocenters. The minimum absolute atomic E-state index is 0.301. The summed E-state index contributed by atoms with van der Waals surface area (Å²) in [4.78, 5) is 5.01. The van der Waals surface area contributed by atoms with Gasteiger partial charge in [0.2, 0.25) is 0 Å². The maximum atomic E-state index is 6.73. The zero-order chi connectivity index (χ0) is 56.9. The van der Waals surface area contributed by atoms with E-state index in [-0.39, 0.29) is 10.8 Å². The van der Waals surface area contributed by atoms with Gasteiger partial charge in [-0.15, -0.1) is 22.7 Å². The highest BCUT2D eigenvalue weighted by molar-refractivity contribution is 7.26. The Morgan fingerprint density at radius 1 is 0.267 bits per heavy atom. The number of fused-ring (bicyclic) bond motifs is 18. The van der Waals surface area contributed by atoms with Crippen LogP contribution in [-0.2, 0) is 10.8 Å². The van der Waals surface area contributed by atoms with Crippen LogP contribution in [0.5, 0.6) is 0 Å². The van der Waals surface area contributed by atoms with E-state index in [9.17, 15) is 0 Å². The summed E-state index contributed by atoms with van der Waals surface area (Å²) < 4.78 is 18.6. The van der Waals surface area contributed by atoms with E-state index >= 15 is 0 Å². The monoisotopic (exact) mass is 1140 g/mol. The molecule has 0 radical (unpaired) electrons. The van der Waals surface area contributed by atoms with Gasteiger partial charge in [0.15, 0.2) is 0 Å². The molecular formula is C80H52N2O2S2. The van der Waals surface area contributed by atoms with Crippen molar-refractivity contribution in [2.45, 2.75) is 38.5 Å². The van der Waals surface area contributed by atoms with Crippen molar-refractivity contribution >= 4 is 163 Å². The third-order valence-corrected chi connectivity index (χ3v) is 21.7. The van der Waals surface area contributed by atoms with Gasteiger partial charge in [-0.2, -0.15) is 0 Å². The molecule has 2 aliphatic heterocycles. The molecule has 406 valence electrons. The van der Waals surface area contributed by atoms with E-state index in [1.54, 1.807) is 0 Å². The highest BCUT2D eigenvalue weighted by atomic mass is 32.1. The van der Waals surface area contributed by atoms with Crippen LogP contribution in [-0.4, -0.2) is 0 Å². The lowest BCUT2D eigenvalue weighted by Crippen LogP contribution is -2.30. The Morgan fingerprint density at radius 2 is 0.663 bits per heavy atom. The SMILES string of the molecule is CC1(C)c2ccccc2N(c2ccc3c(-c4ccc5sc6ccccc6c5c4)c4cc(N5c6ccccc6C(C)(C)c6cc7c(cc65)oc5ccccc57)ccc4c(-c4ccc5sc6ccccc6c5c4)c3c2)c2cc3oc4ccccc4c3cc21. The van der Waals surface area contributed by atoms with E-state index in [4.69, 9.17) is 8.83 Å². The zero-order valence-corrected chi connectivity index (χ0v) is 49.3.